The molecule has 1 aromatic carbocycles. The van der Waals surface area contributed by atoms with E-state index in [-0.39, 0.29) is 36.5 Å². The lowest BCUT2D eigenvalue weighted by molar-refractivity contribution is -0.148. The van der Waals surface area contributed by atoms with Crippen LogP contribution in [0.15, 0.2) is 18.2 Å². The smallest absolute Gasteiger partial charge is 0.461 e. The summed E-state index contributed by atoms with van der Waals surface area (Å²) >= 11 is 0. The summed E-state index contributed by atoms with van der Waals surface area (Å²) in [4.78, 5) is 49.3. The van der Waals surface area contributed by atoms with Gasteiger partial charge < -0.3 is 38.9 Å². The molecule has 12 nitrogen and oxygen atoms in total. The van der Waals surface area contributed by atoms with Gasteiger partial charge in [-0.25, -0.2) is 14.4 Å². The van der Waals surface area contributed by atoms with E-state index >= 15 is 0 Å². The normalized spacial score (nSPS) is 13.8. The Labute approximate surface area is 248 Å². The van der Waals surface area contributed by atoms with Gasteiger partial charge in [0.25, 0.3) is 0 Å². The Bertz CT molecular complexity index is 1070. The van der Waals surface area contributed by atoms with Crippen molar-refractivity contribution in [2.75, 3.05) is 6.61 Å². The molecule has 0 saturated carbocycles. The van der Waals surface area contributed by atoms with E-state index in [4.69, 9.17) is 38.9 Å². The topological polar surface area (TPSA) is 159 Å². The SMILES string of the molecule is CCC(C)(C)OC(=O)Oc1ccc(C[C@H](N)C(=O)OC[C@H](C)OC(=O)OC(C)C(C)C)cc1OC(=O)OC(C)(C)CC. The molecule has 0 aromatic heterocycles. The third kappa shape index (κ3) is 13.4. The summed E-state index contributed by atoms with van der Waals surface area (Å²) in [6.07, 6.45) is -2.89. The van der Waals surface area contributed by atoms with E-state index in [1.165, 1.54) is 12.1 Å². The molecule has 0 aliphatic heterocycles. The van der Waals surface area contributed by atoms with Crippen LogP contribution in [0.1, 0.15) is 87.6 Å². The minimum atomic E-state index is -1.11. The highest BCUT2D eigenvalue weighted by Gasteiger charge is 2.27. The van der Waals surface area contributed by atoms with Crippen LogP contribution in [0, 0.1) is 5.92 Å². The second-order valence-corrected chi connectivity index (χ2v) is 11.6. The quantitative estimate of drug-likeness (QED) is 0.149. The van der Waals surface area contributed by atoms with Crippen LogP contribution in [-0.2, 0) is 34.9 Å². The molecule has 2 N–H and O–H groups in total. The Balaban J connectivity index is 2.94. The van der Waals surface area contributed by atoms with Crippen LogP contribution in [0.5, 0.6) is 11.5 Å². The fourth-order valence-corrected chi connectivity index (χ4v) is 2.82. The number of rotatable bonds is 14. The predicted octanol–water partition coefficient (Wildman–Crippen LogP) is 6.09. The molecule has 1 rings (SSSR count). The summed E-state index contributed by atoms with van der Waals surface area (Å²) in [6, 6.07) is 3.23. The summed E-state index contributed by atoms with van der Waals surface area (Å²) in [5, 5.41) is 0. The van der Waals surface area contributed by atoms with Crippen molar-refractivity contribution in [3.63, 3.8) is 0 Å². The van der Waals surface area contributed by atoms with E-state index in [2.05, 4.69) is 0 Å². The lowest BCUT2D eigenvalue weighted by Gasteiger charge is -2.24. The lowest BCUT2D eigenvalue weighted by Crippen LogP contribution is -2.36. The molecule has 3 atom stereocenters. The zero-order valence-corrected chi connectivity index (χ0v) is 26.4. The average molecular weight is 598 g/mol. The van der Waals surface area contributed by atoms with Crippen molar-refractivity contribution < 1.29 is 52.3 Å². The molecule has 0 bridgehead atoms. The van der Waals surface area contributed by atoms with Crippen LogP contribution in [0.4, 0.5) is 14.4 Å². The van der Waals surface area contributed by atoms with Crippen molar-refractivity contribution in [2.45, 2.75) is 118 Å². The first-order chi connectivity index (χ1) is 19.4. The third-order valence-corrected chi connectivity index (χ3v) is 6.55. The van der Waals surface area contributed by atoms with Crippen molar-refractivity contribution in [3.8, 4) is 11.5 Å². The molecule has 42 heavy (non-hydrogen) atoms. The monoisotopic (exact) mass is 597 g/mol. The molecule has 1 aromatic rings. The van der Waals surface area contributed by atoms with Gasteiger partial charge in [-0.2, -0.15) is 0 Å². The molecule has 0 aliphatic rings. The molecule has 12 heteroatoms. The number of carbonyl (C=O) groups excluding carboxylic acids is 4. The molecule has 0 aliphatic carbocycles. The van der Waals surface area contributed by atoms with Crippen molar-refractivity contribution in [1.29, 1.82) is 0 Å². The van der Waals surface area contributed by atoms with Gasteiger partial charge in [-0.05, 0) is 84.4 Å². The van der Waals surface area contributed by atoms with Gasteiger partial charge in [0.1, 0.15) is 36.1 Å². The fourth-order valence-electron chi connectivity index (χ4n) is 2.82. The van der Waals surface area contributed by atoms with Gasteiger partial charge in [-0.1, -0.05) is 33.8 Å². The summed E-state index contributed by atoms with van der Waals surface area (Å²) in [5.74, 6) is -0.854. The van der Waals surface area contributed by atoms with E-state index in [1.54, 1.807) is 47.6 Å². The van der Waals surface area contributed by atoms with Gasteiger partial charge in [0.05, 0.1) is 0 Å². The summed E-state index contributed by atoms with van der Waals surface area (Å²) in [5.41, 5.74) is 4.95. The molecule has 0 spiro atoms. The molecule has 1 unspecified atom stereocenters. The first kappa shape index (κ1) is 36.5. The maximum Gasteiger partial charge on any atom is 0.514 e. The third-order valence-electron chi connectivity index (χ3n) is 6.55. The number of nitrogens with two attached hydrogens (primary N) is 1. The highest BCUT2D eigenvalue weighted by atomic mass is 16.8. The largest absolute Gasteiger partial charge is 0.514 e. The Morgan fingerprint density at radius 2 is 1.31 bits per heavy atom. The summed E-state index contributed by atoms with van der Waals surface area (Å²) in [7, 11) is 0. The van der Waals surface area contributed by atoms with Crippen LogP contribution in [0.2, 0.25) is 0 Å². The highest BCUT2D eigenvalue weighted by molar-refractivity contribution is 5.76. The molecule has 0 fully saturated rings. The number of ether oxygens (including phenoxy) is 7. The van der Waals surface area contributed by atoms with Gasteiger partial charge in [0.15, 0.2) is 11.5 Å². The zero-order valence-electron chi connectivity index (χ0n) is 26.4. The Hall–Kier alpha value is -3.54. The standard InChI is InChI=1S/C30H47NO11/c1-11-29(7,8)41-27(34)39-23-14-13-21(16-24(23)40-28(35)42-30(9,10)12-2)15-22(31)25(32)36-17-19(5)37-26(33)38-20(6)18(3)4/h13-14,16,18-20,22H,11-12,15,17,31H2,1-10H3/t19-,20?,22-/m0/s1. The van der Waals surface area contributed by atoms with Crippen LogP contribution in [0.25, 0.3) is 0 Å². The van der Waals surface area contributed by atoms with Crippen LogP contribution >= 0.6 is 0 Å². The molecule has 0 saturated heterocycles. The van der Waals surface area contributed by atoms with Gasteiger partial charge in [0, 0.05) is 0 Å². The van der Waals surface area contributed by atoms with E-state index in [0.29, 0.717) is 18.4 Å². The van der Waals surface area contributed by atoms with Crippen LogP contribution in [0.3, 0.4) is 0 Å². The number of esters is 1. The van der Waals surface area contributed by atoms with Gasteiger partial charge >= 0.3 is 24.4 Å². The van der Waals surface area contributed by atoms with Crippen molar-refractivity contribution in [2.24, 2.45) is 11.7 Å². The Kier molecular flexibility index (Phi) is 14.1. The molecule has 0 amide bonds. The van der Waals surface area contributed by atoms with E-state index in [9.17, 15) is 19.2 Å². The van der Waals surface area contributed by atoms with Crippen LogP contribution in [-0.4, -0.2) is 60.5 Å². The maximum absolute atomic E-state index is 12.5. The van der Waals surface area contributed by atoms with E-state index in [1.807, 2.05) is 27.7 Å². The van der Waals surface area contributed by atoms with Gasteiger partial charge in [-0.3, -0.25) is 4.79 Å². The summed E-state index contributed by atoms with van der Waals surface area (Å²) < 4.78 is 36.8. The fraction of sp³-hybridized carbons (Fsp3) is 0.667. The average Bonchev–Trinajstić information content (AvgIpc) is 2.87. The van der Waals surface area contributed by atoms with E-state index < -0.39 is 47.8 Å². The number of carbonyl (C=O) groups is 4. The molecule has 238 valence electrons. The molecular formula is C30H47NO11. The summed E-state index contributed by atoms with van der Waals surface area (Å²) in [6.45, 7) is 17.5. The Morgan fingerprint density at radius 1 is 0.786 bits per heavy atom. The van der Waals surface area contributed by atoms with Crippen molar-refractivity contribution >= 4 is 24.4 Å². The van der Waals surface area contributed by atoms with Gasteiger partial charge in [0.2, 0.25) is 0 Å². The number of benzene rings is 1. The molecule has 0 radical (unpaired) electrons. The Morgan fingerprint density at radius 3 is 1.81 bits per heavy atom. The highest BCUT2D eigenvalue weighted by Crippen LogP contribution is 2.31. The lowest BCUT2D eigenvalue weighted by atomic mass is 10.1. The number of hydrogen-bond acceptors (Lipinski definition) is 12. The van der Waals surface area contributed by atoms with Gasteiger partial charge in [-0.15, -0.1) is 0 Å². The second kappa shape index (κ2) is 16.2. The maximum atomic E-state index is 12.5. The van der Waals surface area contributed by atoms with E-state index in [0.717, 1.165) is 0 Å². The minimum absolute atomic E-state index is 0.0124. The zero-order chi connectivity index (χ0) is 32.3. The first-order valence-corrected chi connectivity index (χ1v) is 14.1. The molecular weight excluding hydrogens is 550 g/mol. The van der Waals surface area contributed by atoms with Crippen molar-refractivity contribution in [1.82, 2.24) is 0 Å². The van der Waals surface area contributed by atoms with Crippen LogP contribution < -0.4 is 15.2 Å². The predicted molar refractivity (Wildman–Crippen MR) is 153 cm³/mol. The second-order valence-electron chi connectivity index (χ2n) is 11.6. The molecule has 0 heterocycles. The first-order valence-electron chi connectivity index (χ1n) is 14.1. The minimum Gasteiger partial charge on any atom is -0.461 e. The number of hydrogen-bond donors (Lipinski definition) is 1. The van der Waals surface area contributed by atoms with Crippen molar-refractivity contribution in [3.05, 3.63) is 23.8 Å².